The molecule has 2 rings (SSSR count). The van der Waals surface area contributed by atoms with Gasteiger partial charge in [-0.15, -0.1) is 0 Å². The Morgan fingerprint density at radius 3 is 1.81 bits per heavy atom. The summed E-state index contributed by atoms with van der Waals surface area (Å²) in [6.45, 7) is 10.4. The summed E-state index contributed by atoms with van der Waals surface area (Å²) >= 11 is 0. The van der Waals surface area contributed by atoms with Crippen molar-refractivity contribution in [2.45, 2.75) is 38.3 Å². The van der Waals surface area contributed by atoms with Gasteiger partial charge in [0.05, 0.1) is 25.4 Å². The number of likely N-dealkylation sites (tertiary alicyclic amines) is 1. The van der Waals surface area contributed by atoms with Crippen LogP contribution in [0.3, 0.4) is 0 Å². The molecule has 0 spiro atoms. The molecule has 0 N–H and O–H groups in total. The lowest BCUT2D eigenvalue weighted by Gasteiger charge is -2.46. The van der Waals surface area contributed by atoms with Gasteiger partial charge in [-0.05, 0) is 10.8 Å². The Labute approximate surface area is 101 Å². The molecule has 2 saturated heterocycles. The molecule has 90 valence electrons. The molecule has 0 aromatic rings. The third kappa shape index (κ3) is 2.05. The van der Waals surface area contributed by atoms with Crippen LogP contribution in [0.15, 0.2) is 0 Å². The quantitative estimate of drug-likeness (QED) is 0.535. The predicted molar refractivity (Wildman–Crippen MR) is 70.3 cm³/mol. The lowest BCUT2D eigenvalue weighted by atomic mass is 9.48. The highest BCUT2D eigenvalue weighted by Gasteiger charge is 2.46. The Morgan fingerprint density at radius 2 is 1.44 bits per heavy atom. The Morgan fingerprint density at radius 1 is 1.00 bits per heavy atom. The average molecular weight is 223 g/mol. The number of fused-ring (bicyclic) bond motifs is 1. The van der Waals surface area contributed by atoms with Crippen LogP contribution in [0.1, 0.15) is 20.8 Å². The van der Waals surface area contributed by atoms with Gasteiger partial charge in [-0.1, -0.05) is 20.8 Å². The molecule has 2 aliphatic rings. The van der Waals surface area contributed by atoms with E-state index in [4.69, 9.17) is 9.47 Å². The maximum absolute atomic E-state index is 5.77. The first kappa shape index (κ1) is 12.5. The predicted octanol–water partition coefficient (Wildman–Crippen LogP) is -0.948. The Hall–Kier alpha value is 0.00987. The molecule has 0 saturated carbocycles. The van der Waals surface area contributed by atoms with Crippen molar-refractivity contribution in [3.05, 3.63) is 0 Å². The molecule has 0 aromatic carbocycles. The average Bonchev–Trinajstić information content (AvgIpc) is 2.59. The van der Waals surface area contributed by atoms with Gasteiger partial charge in [0.1, 0.15) is 15.7 Å². The smallest absolute Gasteiger partial charge is 0.117 e. The van der Waals surface area contributed by atoms with Gasteiger partial charge in [-0.3, -0.25) is 0 Å². The van der Waals surface area contributed by atoms with Crippen molar-refractivity contribution < 1.29 is 9.47 Å². The van der Waals surface area contributed by atoms with Gasteiger partial charge in [0.15, 0.2) is 0 Å². The first-order valence-electron chi connectivity index (χ1n) is 6.30. The molecule has 0 radical (unpaired) electrons. The summed E-state index contributed by atoms with van der Waals surface area (Å²) in [5.74, 6) is 0. The number of hydrogen-bond acceptors (Lipinski definition) is 3. The SMILES string of the molecule is BC(B)(N1CC2OCCOC2C1)C(C)(C)C. The van der Waals surface area contributed by atoms with Crippen LogP contribution in [-0.4, -0.2) is 64.4 Å². The van der Waals surface area contributed by atoms with Gasteiger partial charge in [0, 0.05) is 13.1 Å². The van der Waals surface area contributed by atoms with Crippen LogP contribution < -0.4 is 0 Å². The molecular formula is C11H23B2NO2. The van der Waals surface area contributed by atoms with E-state index in [9.17, 15) is 0 Å². The van der Waals surface area contributed by atoms with E-state index in [0.29, 0.717) is 0 Å². The summed E-state index contributed by atoms with van der Waals surface area (Å²) < 4.78 is 11.5. The summed E-state index contributed by atoms with van der Waals surface area (Å²) in [4.78, 5) is 2.52. The first-order valence-corrected chi connectivity index (χ1v) is 6.30. The van der Waals surface area contributed by atoms with Crippen molar-refractivity contribution in [2.75, 3.05) is 26.3 Å². The molecule has 5 heteroatoms. The maximum Gasteiger partial charge on any atom is 0.117 e. The van der Waals surface area contributed by atoms with E-state index in [1.54, 1.807) is 0 Å². The van der Waals surface area contributed by atoms with E-state index in [1.165, 1.54) is 0 Å². The van der Waals surface area contributed by atoms with Gasteiger partial charge in [0.2, 0.25) is 0 Å². The monoisotopic (exact) mass is 223 g/mol. The lowest BCUT2D eigenvalue weighted by molar-refractivity contribution is -0.116. The maximum atomic E-state index is 5.77. The zero-order chi connectivity index (χ0) is 12.0. The number of ether oxygens (including phenoxy) is 2. The summed E-state index contributed by atoms with van der Waals surface area (Å²) in [5.41, 5.74) is 0.264. The molecular weight excluding hydrogens is 200 g/mol. The van der Waals surface area contributed by atoms with Gasteiger partial charge in [0.25, 0.3) is 0 Å². The summed E-state index contributed by atoms with van der Waals surface area (Å²) in [5, 5.41) is 0.178. The van der Waals surface area contributed by atoms with E-state index in [2.05, 4.69) is 41.4 Å². The fourth-order valence-corrected chi connectivity index (χ4v) is 2.39. The molecule has 2 fully saturated rings. The minimum Gasteiger partial charge on any atom is -0.372 e. The van der Waals surface area contributed by atoms with Crippen molar-refractivity contribution >= 4 is 15.7 Å². The van der Waals surface area contributed by atoms with Crippen molar-refractivity contribution in [3.63, 3.8) is 0 Å². The minimum atomic E-state index is 0.178. The van der Waals surface area contributed by atoms with E-state index < -0.39 is 0 Å². The standard InChI is InChI=1S/C11H23B2NO2/c1-10(2,3)11(12,13)14-6-8-9(7-14)16-5-4-15-8/h8-9H,4-7,12-13H2,1-3H3. The second-order valence-electron chi connectivity index (χ2n) is 6.53. The molecule has 0 amide bonds. The van der Waals surface area contributed by atoms with Gasteiger partial charge in [-0.25, -0.2) is 0 Å². The molecule has 2 unspecified atom stereocenters. The highest BCUT2D eigenvalue weighted by atomic mass is 16.6. The number of nitrogens with zero attached hydrogens (tertiary/aromatic N) is 1. The van der Waals surface area contributed by atoms with Crippen LogP contribution >= 0.6 is 0 Å². The molecule has 3 nitrogen and oxygen atoms in total. The molecule has 0 bridgehead atoms. The molecule has 2 atom stereocenters. The van der Waals surface area contributed by atoms with Gasteiger partial charge in [-0.2, -0.15) is 0 Å². The van der Waals surface area contributed by atoms with Gasteiger partial charge >= 0.3 is 0 Å². The Bertz CT molecular complexity index is 251. The van der Waals surface area contributed by atoms with Crippen LogP contribution in [0, 0.1) is 5.41 Å². The van der Waals surface area contributed by atoms with Crippen LogP contribution in [0.2, 0.25) is 0 Å². The highest BCUT2D eigenvalue weighted by molar-refractivity contribution is 6.40. The number of rotatable bonds is 1. The van der Waals surface area contributed by atoms with Crippen molar-refractivity contribution in [3.8, 4) is 0 Å². The van der Waals surface area contributed by atoms with Crippen LogP contribution in [0.25, 0.3) is 0 Å². The fourth-order valence-electron chi connectivity index (χ4n) is 2.39. The fraction of sp³-hybridized carbons (Fsp3) is 1.00. The van der Waals surface area contributed by atoms with E-state index in [1.807, 2.05) is 0 Å². The van der Waals surface area contributed by atoms with Crippen LogP contribution in [0.5, 0.6) is 0 Å². The van der Waals surface area contributed by atoms with Crippen molar-refractivity contribution in [2.24, 2.45) is 5.41 Å². The van der Waals surface area contributed by atoms with Crippen molar-refractivity contribution in [1.82, 2.24) is 4.90 Å². The zero-order valence-corrected chi connectivity index (χ0v) is 11.2. The second-order valence-corrected chi connectivity index (χ2v) is 6.53. The minimum absolute atomic E-state index is 0.178. The Balaban J connectivity index is 2.07. The van der Waals surface area contributed by atoms with Crippen molar-refractivity contribution in [1.29, 1.82) is 0 Å². The third-order valence-electron chi connectivity index (χ3n) is 4.59. The summed E-state index contributed by atoms with van der Waals surface area (Å²) in [6.07, 6.45) is 0.575. The molecule has 0 aliphatic carbocycles. The van der Waals surface area contributed by atoms with E-state index in [-0.39, 0.29) is 23.0 Å². The first-order chi connectivity index (χ1) is 7.32. The normalized spacial score (nSPS) is 32.7. The van der Waals surface area contributed by atoms with E-state index >= 15 is 0 Å². The zero-order valence-electron chi connectivity index (χ0n) is 11.2. The third-order valence-corrected chi connectivity index (χ3v) is 4.59. The van der Waals surface area contributed by atoms with Crippen LogP contribution in [-0.2, 0) is 9.47 Å². The topological polar surface area (TPSA) is 21.7 Å². The summed E-state index contributed by atoms with van der Waals surface area (Å²) in [7, 11) is 4.65. The lowest BCUT2D eigenvalue weighted by Crippen LogP contribution is -2.58. The molecule has 16 heavy (non-hydrogen) atoms. The molecule has 2 heterocycles. The molecule has 0 aromatic heterocycles. The second kappa shape index (κ2) is 4.04. The Kier molecular flexibility index (Phi) is 3.15. The summed E-state index contributed by atoms with van der Waals surface area (Å²) in [6, 6.07) is 0. The largest absolute Gasteiger partial charge is 0.372 e. The highest BCUT2D eigenvalue weighted by Crippen LogP contribution is 2.34. The van der Waals surface area contributed by atoms with Crippen LogP contribution in [0.4, 0.5) is 0 Å². The molecule has 2 aliphatic heterocycles. The van der Waals surface area contributed by atoms with Gasteiger partial charge < -0.3 is 14.4 Å². The number of hydrogen-bond donors (Lipinski definition) is 0. The van der Waals surface area contributed by atoms with E-state index in [0.717, 1.165) is 26.3 Å².